The maximum Gasteiger partial charge on any atom is 0.485 e. The van der Waals surface area contributed by atoms with Crippen LogP contribution in [0.2, 0.25) is 0 Å². The van der Waals surface area contributed by atoms with Gasteiger partial charge in [0.05, 0.1) is 13.6 Å². The lowest BCUT2D eigenvalue weighted by Crippen LogP contribution is -2.21. The van der Waals surface area contributed by atoms with Crippen LogP contribution in [0, 0.1) is 0 Å². The summed E-state index contributed by atoms with van der Waals surface area (Å²) in [5, 5.41) is 0. The highest BCUT2D eigenvalue weighted by Crippen LogP contribution is 2.20. The Balaban J connectivity index is 0.000000331. The van der Waals surface area contributed by atoms with E-state index in [9.17, 15) is 13.2 Å². The molecular formula is C9H17F3N2O3S. The number of hydrogen-bond donors (Lipinski definition) is 0. The van der Waals surface area contributed by atoms with Crippen molar-refractivity contribution in [2.24, 2.45) is 0 Å². The molecule has 0 N–H and O–H groups in total. The van der Waals surface area contributed by atoms with E-state index in [0.717, 1.165) is 0 Å². The van der Waals surface area contributed by atoms with Gasteiger partial charge in [0, 0.05) is 0 Å². The first-order valence-corrected chi connectivity index (χ1v) is 6.80. The predicted molar refractivity (Wildman–Crippen MR) is 59.3 cm³/mol. The second-order valence-electron chi connectivity index (χ2n) is 3.89. The first-order chi connectivity index (χ1) is 8.08. The number of unbranched alkanes of at least 4 members (excludes halogenated alkanes) is 1. The normalized spacial score (nSPS) is 16.1. The van der Waals surface area contributed by atoms with Crippen LogP contribution in [0.15, 0.2) is 0 Å². The van der Waals surface area contributed by atoms with Gasteiger partial charge in [-0.25, -0.2) is 8.42 Å². The number of alkyl halides is 3. The Morgan fingerprint density at radius 1 is 1.44 bits per heavy atom. The summed E-state index contributed by atoms with van der Waals surface area (Å²) >= 11 is 0. The van der Waals surface area contributed by atoms with Crippen molar-refractivity contribution in [1.82, 2.24) is 4.90 Å². The van der Waals surface area contributed by atoms with E-state index in [1.165, 1.54) is 32.5 Å². The Bertz CT molecular complexity index is 379. The maximum atomic E-state index is 10.7. The molecule has 9 heteroatoms. The van der Waals surface area contributed by atoms with E-state index in [2.05, 4.69) is 29.8 Å². The third kappa shape index (κ3) is 6.80. The summed E-state index contributed by atoms with van der Waals surface area (Å²) in [4.78, 5) is 2.39. The van der Waals surface area contributed by atoms with E-state index in [1.807, 2.05) is 0 Å². The molecule has 0 fully saturated rings. The SMILES string of the molecule is CCCCN1C=[N+](C)CC1.O=S(=O)([O-])C(F)(F)F. The molecule has 0 atom stereocenters. The predicted octanol–water partition coefficient (Wildman–Crippen LogP) is 0.824. The minimum absolute atomic E-state index is 1.20. The molecule has 0 aromatic heterocycles. The molecule has 0 saturated heterocycles. The molecule has 1 heterocycles. The lowest BCUT2D eigenvalue weighted by atomic mass is 10.3. The van der Waals surface area contributed by atoms with Crippen molar-refractivity contribution in [2.45, 2.75) is 25.3 Å². The lowest BCUT2D eigenvalue weighted by Gasteiger charge is -2.08. The molecule has 108 valence electrons. The fourth-order valence-electron chi connectivity index (χ4n) is 1.21. The summed E-state index contributed by atoms with van der Waals surface area (Å²) in [6.45, 7) is 5.89. The fraction of sp³-hybridized carbons (Fsp3) is 0.889. The van der Waals surface area contributed by atoms with E-state index in [4.69, 9.17) is 13.0 Å². The van der Waals surface area contributed by atoms with Gasteiger partial charge in [-0.2, -0.15) is 13.2 Å². The van der Waals surface area contributed by atoms with Gasteiger partial charge in [0.15, 0.2) is 10.1 Å². The largest absolute Gasteiger partial charge is 0.741 e. The topological polar surface area (TPSA) is 63.5 Å². The third-order valence-electron chi connectivity index (χ3n) is 2.18. The van der Waals surface area contributed by atoms with Crippen LogP contribution in [-0.2, 0) is 10.1 Å². The molecule has 1 rings (SSSR count). The number of likely N-dealkylation sites (N-methyl/N-ethyl adjacent to an activating group) is 1. The zero-order valence-electron chi connectivity index (χ0n) is 10.3. The van der Waals surface area contributed by atoms with Crippen molar-refractivity contribution < 1.29 is 30.7 Å². The monoisotopic (exact) mass is 290 g/mol. The molecule has 18 heavy (non-hydrogen) atoms. The van der Waals surface area contributed by atoms with Crippen LogP contribution in [0.25, 0.3) is 0 Å². The van der Waals surface area contributed by atoms with Gasteiger partial charge >= 0.3 is 5.51 Å². The van der Waals surface area contributed by atoms with Gasteiger partial charge < -0.3 is 4.55 Å². The van der Waals surface area contributed by atoms with Gasteiger partial charge in [-0.3, -0.25) is 9.48 Å². The second-order valence-corrected chi connectivity index (χ2v) is 5.26. The smallest absolute Gasteiger partial charge is 0.485 e. The Labute approximate surface area is 105 Å². The number of rotatable bonds is 3. The minimum atomic E-state index is -6.09. The average Bonchev–Trinajstić information content (AvgIpc) is 2.59. The number of hydrogen-bond acceptors (Lipinski definition) is 4. The Morgan fingerprint density at radius 3 is 2.22 bits per heavy atom. The Morgan fingerprint density at radius 2 is 1.94 bits per heavy atom. The standard InChI is InChI=1S/C8H17N2.CHF3O3S/c1-3-4-5-10-7-6-9(2)8-10;2-1(3,4)8(5,6)7/h8H,3-7H2,1-2H3;(H,5,6,7)/q+1;/p-1. The van der Waals surface area contributed by atoms with Crippen LogP contribution in [0.4, 0.5) is 13.2 Å². The molecule has 0 bridgehead atoms. The zero-order valence-corrected chi connectivity index (χ0v) is 11.1. The highest BCUT2D eigenvalue weighted by molar-refractivity contribution is 7.86. The van der Waals surface area contributed by atoms with Crippen LogP contribution in [0.1, 0.15) is 19.8 Å². The zero-order chi connectivity index (χ0) is 14.4. The Hall–Kier alpha value is -0.830. The second kappa shape index (κ2) is 6.93. The van der Waals surface area contributed by atoms with E-state index >= 15 is 0 Å². The van der Waals surface area contributed by atoms with Crippen molar-refractivity contribution >= 4 is 16.5 Å². The molecule has 0 aromatic carbocycles. The summed E-state index contributed by atoms with van der Waals surface area (Å²) in [5.74, 6) is 0. The van der Waals surface area contributed by atoms with E-state index in [-0.39, 0.29) is 0 Å². The van der Waals surface area contributed by atoms with Crippen molar-refractivity contribution in [2.75, 3.05) is 26.7 Å². The summed E-state index contributed by atoms with van der Waals surface area (Å²) < 4.78 is 61.1. The van der Waals surface area contributed by atoms with Crippen molar-refractivity contribution in [3.05, 3.63) is 0 Å². The van der Waals surface area contributed by atoms with Crippen LogP contribution in [-0.4, -0.2) is 61.0 Å². The molecule has 0 aliphatic carbocycles. The molecule has 1 aliphatic heterocycles. The number of halogens is 3. The van der Waals surface area contributed by atoms with Gasteiger partial charge in [-0.15, -0.1) is 0 Å². The summed E-state index contributed by atoms with van der Waals surface area (Å²) in [6, 6.07) is 0. The first-order valence-electron chi connectivity index (χ1n) is 5.39. The molecule has 0 spiro atoms. The molecule has 0 amide bonds. The van der Waals surface area contributed by atoms with Gasteiger partial charge in [-0.1, -0.05) is 13.3 Å². The lowest BCUT2D eigenvalue weighted by molar-refractivity contribution is -0.482. The van der Waals surface area contributed by atoms with Gasteiger partial charge in [0.2, 0.25) is 6.34 Å². The highest BCUT2D eigenvalue weighted by atomic mass is 32.2. The van der Waals surface area contributed by atoms with Crippen LogP contribution in [0.3, 0.4) is 0 Å². The van der Waals surface area contributed by atoms with E-state index < -0.39 is 15.6 Å². The van der Waals surface area contributed by atoms with Crippen LogP contribution < -0.4 is 0 Å². The fourth-order valence-corrected chi connectivity index (χ4v) is 1.21. The highest BCUT2D eigenvalue weighted by Gasteiger charge is 2.36. The average molecular weight is 290 g/mol. The molecule has 0 unspecified atom stereocenters. The quantitative estimate of drug-likeness (QED) is 0.439. The van der Waals surface area contributed by atoms with E-state index in [0.29, 0.717) is 0 Å². The molecular weight excluding hydrogens is 273 g/mol. The van der Waals surface area contributed by atoms with Gasteiger partial charge in [-0.05, 0) is 6.42 Å². The van der Waals surface area contributed by atoms with Gasteiger partial charge in [0.1, 0.15) is 13.1 Å². The third-order valence-corrected chi connectivity index (χ3v) is 2.75. The first kappa shape index (κ1) is 17.2. The molecule has 0 saturated carbocycles. The minimum Gasteiger partial charge on any atom is -0.741 e. The number of nitrogens with zero attached hydrogens (tertiary/aromatic N) is 2. The van der Waals surface area contributed by atoms with Crippen LogP contribution in [0.5, 0.6) is 0 Å². The van der Waals surface area contributed by atoms with Crippen molar-refractivity contribution in [1.29, 1.82) is 0 Å². The van der Waals surface area contributed by atoms with Crippen molar-refractivity contribution in [3.63, 3.8) is 0 Å². The molecule has 1 aliphatic rings. The van der Waals surface area contributed by atoms with E-state index in [1.54, 1.807) is 0 Å². The summed E-state index contributed by atoms with van der Waals surface area (Å²) in [5.41, 5.74) is -5.65. The van der Waals surface area contributed by atoms with Gasteiger partial charge in [0.25, 0.3) is 0 Å². The summed E-state index contributed by atoms with van der Waals surface area (Å²) in [6.07, 6.45) is 4.84. The molecule has 0 radical (unpaired) electrons. The molecule has 0 aromatic rings. The Kier molecular flexibility index (Phi) is 6.61. The van der Waals surface area contributed by atoms with Crippen LogP contribution >= 0.6 is 0 Å². The molecule has 5 nitrogen and oxygen atoms in total. The van der Waals surface area contributed by atoms with Crippen molar-refractivity contribution in [3.8, 4) is 0 Å². The maximum absolute atomic E-state index is 10.7. The summed E-state index contributed by atoms with van der Waals surface area (Å²) in [7, 11) is -3.96.